The highest BCUT2D eigenvalue weighted by atomic mass is 32.2. The van der Waals surface area contributed by atoms with E-state index in [1.54, 1.807) is 13.8 Å². The minimum Gasteiger partial charge on any atom is -0.507 e. The number of fused-ring (bicyclic) bond motifs is 4. The van der Waals surface area contributed by atoms with E-state index in [1.165, 1.54) is 24.6 Å². The van der Waals surface area contributed by atoms with E-state index < -0.39 is 50.5 Å². The Labute approximate surface area is 189 Å². The van der Waals surface area contributed by atoms with Gasteiger partial charge in [-0.15, -0.1) is 0 Å². The van der Waals surface area contributed by atoms with Crippen LogP contribution in [0.4, 0.5) is 0 Å². The van der Waals surface area contributed by atoms with Crippen molar-refractivity contribution in [2.45, 2.75) is 45.3 Å². The molecule has 3 atom stereocenters. The number of aliphatic hydroxyl groups excluding tert-OH is 1. The number of Topliss-reactive ketones (excluding diaryl/α,β-unsaturated/α-hetero) is 2. The lowest BCUT2D eigenvalue weighted by Crippen LogP contribution is -2.36. The molecule has 2 aromatic rings. The van der Waals surface area contributed by atoms with Crippen LogP contribution in [-0.2, 0) is 15.3 Å². The van der Waals surface area contributed by atoms with E-state index in [-0.39, 0.29) is 51.0 Å². The SMILES string of the molecule is CC(=O)c1c(O)c(C)c(O)c2c1OC1=Cc3c(c(C)nn3C3CS(=O)(=O)CC3O)C(=O)C12C. The molecule has 3 N–H and O–H groups in total. The van der Waals surface area contributed by atoms with Crippen LogP contribution in [0, 0.1) is 13.8 Å². The number of nitrogens with zero attached hydrogens (tertiary/aromatic N) is 2. The van der Waals surface area contributed by atoms with Gasteiger partial charge in [0.2, 0.25) is 0 Å². The minimum absolute atomic E-state index is 0.0512. The number of carbonyl (C=O) groups excluding carboxylic acids is 2. The number of rotatable bonds is 2. The fourth-order valence-electron chi connectivity index (χ4n) is 5.11. The van der Waals surface area contributed by atoms with Crippen molar-refractivity contribution in [3.05, 3.63) is 39.4 Å². The van der Waals surface area contributed by atoms with Crippen molar-refractivity contribution in [2.75, 3.05) is 11.5 Å². The van der Waals surface area contributed by atoms with E-state index in [9.17, 15) is 33.3 Å². The number of phenols is 2. The number of hydrogen-bond acceptors (Lipinski definition) is 9. The Bertz CT molecular complexity index is 1440. The molecule has 1 aliphatic carbocycles. The zero-order chi connectivity index (χ0) is 24.2. The van der Waals surface area contributed by atoms with Gasteiger partial charge in [0.05, 0.1) is 46.2 Å². The number of allylic oxidation sites excluding steroid dienone is 1. The number of ether oxygens (including phenoxy) is 1. The van der Waals surface area contributed by atoms with Crippen LogP contribution < -0.4 is 4.74 Å². The van der Waals surface area contributed by atoms with Crippen LogP contribution in [0.1, 0.15) is 63.1 Å². The van der Waals surface area contributed by atoms with Crippen LogP contribution in [0.15, 0.2) is 5.76 Å². The predicted molar refractivity (Wildman–Crippen MR) is 115 cm³/mol. The summed E-state index contributed by atoms with van der Waals surface area (Å²) in [7, 11) is -3.47. The molecule has 10 nitrogen and oxygen atoms in total. The van der Waals surface area contributed by atoms with Crippen molar-refractivity contribution >= 4 is 27.5 Å². The second kappa shape index (κ2) is 6.45. The topological polar surface area (TPSA) is 156 Å². The third-order valence-corrected chi connectivity index (χ3v) is 8.57. The Kier molecular flexibility index (Phi) is 4.23. The third kappa shape index (κ3) is 2.63. The monoisotopic (exact) mass is 474 g/mol. The first-order valence-electron chi connectivity index (χ1n) is 10.3. The zero-order valence-electron chi connectivity index (χ0n) is 18.3. The molecule has 1 aromatic carbocycles. The Morgan fingerprint density at radius 1 is 1.24 bits per heavy atom. The van der Waals surface area contributed by atoms with Gasteiger partial charge in [-0.05, 0) is 27.7 Å². The summed E-state index contributed by atoms with van der Waals surface area (Å²) in [6.45, 7) is 5.84. The Morgan fingerprint density at radius 2 is 1.91 bits per heavy atom. The van der Waals surface area contributed by atoms with Gasteiger partial charge in [-0.3, -0.25) is 14.3 Å². The number of hydrogen-bond donors (Lipinski definition) is 3. The maximum absolute atomic E-state index is 13.9. The lowest BCUT2D eigenvalue weighted by molar-refractivity contribution is 0.0904. The summed E-state index contributed by atoms with van der Waals surface area (Å²) < 4.78 is 31.4. The molecule has 1 saturated heterocycles. The van der Waals surface area contributed by atoms with Crippen LogP contribution in [0.25, 0.3) is 6.08 Å². The van der Waals surface area contributed by atoms with E-state index >= 15 is 0 Å². The number of phenolic OH excluding ortho intramolecular Hbond substituents is 2. The summed E-state index contributed by atoms with van der Waals surface area (Å²) in [5.41, 5.74) is -0.667. The standard InChI is InChI=1S/C22H22N2O8S/c1-8-18(27)16(10(3)25)20-17(19(8)28)22(4)14(32-20)5-11-15(21(22)29)9(2)23-24(11)12-6-33(30,31)7-13(12)26/h5,12-13,26-28H,6-7H2,1-4H3. The minimum atomic E-state index is -3.47. The van der Waals surface area contributed by atoms with E-state index in [1.807, 2.05) is 0 Å². The molecule has 11 heteroatoms. The van der Waals surface area contributed by atoms with Crippen LogP contribution in [0.5, 0.6) is 17.2 Å². The molecule has 0 saturated carbocycles. The van der Waals surface area contributed by atoms with Crippen molar-refractivity contribution in [3.63, 3.8) is 0 Å². The molecule has 0 radical (unpaired) electrons. The first kappa shape index (κ1) is 21.7. The molecular formula is C22H22N2O8S. The van der Waals surface area contributed by atoms with Gasteiger partial charge in [-0.2, -0.15) is 5.10 Å². The Hall–Kier alpha value is -3.18. The second-order valence-electron chi connectivity index (χ2n) is 9.02. The maximum Gasteiger partial charge on any atom is 0.185 e. The molecule has 2 aliphatic heterocycles. The second-order valence-corrected chi connectivity index (χ2v) is 11.2. The normalized spacial score (nSPS) is 26.9. The number of benzene rings is 1. The molecule has 1 aromatic heterocycles. The zero-order valence-corrected chi connectivity index (χ0v) is 19.1. The highest BCUT2D eigenvalue weighted by molar-refractivity contribution is 7.91. The van der Waals surface area contributed by atoms with Crippen molar-refractivity contribution in [1.82, 2.24) is 9.78 Å². The van der Waals surface area contributed by atoms with Crippen molar-refractivity contribution in [2.24, 2.45) is 0 Å². The summed E-state index contributed by atoms with van der Waals surface area (Å²) in [4.78, 5) is 26.2. The molecule has 1 fully saturated rings. The summed E-state index contributed by atoms with van der Waals surface area (Å²) in [5, 5.41) is 36.1. The van der Waals surface area contributed by atoms with Gasteiger partial charge < -0.3 is 20.1 Å². The predicted octanol–water partition coefficient (Wildman–Crippen LogP) is 1.33. The number of ketones is 2. The largest absolute Gasteiger partial charge is 0.507 e. The van der Waals surface area contributed by atoms with Gasteiger partial charge in [0.15, 0.2) is 21.4 Å². The third-order valence-electron chi connectivity index (χ3n) is 6.87. The summed E-state index contributed by atoms with van der Waals surface area (Å²) >= 11 is 0. The molecule has 0 bridgehead atoms. The van der Waals surface area contributed by atoms with Gasteiger partial charge in [0, 0.05) is 11.6 Å². The van der Waals surface area contributed by atoms with Crippen LogP contribution in [0.2, 0.25) is 0 Å². The highest BCUT2D eigenvalue weighted by Crippen LogP contribution is 2.58. The van der Waals surface area contributed by atoms with E-state index in [0.717, 1.165) is 0 Å². The van der Waals surface area contributed by atoms with Crippen molar-refractivity contribution < 1.29 is 38.1 Å². The molecule has 0 amide bonds. The highest BCUT2D eigenvalue weighted by Gasteiger charge is 2.56. The first-order chi connectivity index (χ1) is 15.3. The molecule has 3 unspecified atom stereocenters. The van der Waals surface area contributed by atoms with Crippen LogP contribution >= 0.6 is 0 Å². The van der Waals surface area contributed by atoms with Crippen molar-refractivity contribution in [3.8, 4) is 17.2 Å². The first-order valence-corrected chi connectivity index (χ1v) is 12.1. The van der Waals surface area contributed by atoms with Gasteiger partial charge in [-0.25, -0.2) is 8.42 Å². The number of aliphatic hydroxyl groups is 1. The van der Waals surface area contributed by atoms with Crippen LogP contribution in [0.3, 0.4) is 0 Å². The van der Waals surface area contributed by atoms with Crippen LogP contribution in [-0.4, -0.2) is 62.7 Å². The fourth-order valence-corrected chi connectivity index (χ4v) is 6.87. The van der Waals surface area contributed by atoms with Gasteiger partial charge in [0.1, 0.15) is 34.0 Å². The Balaban J connectivity index is 1.76. The van der Waals surface area contributed by atoms with E-state index in [2.05, 4.69) is 5.10 Å². The van der Waals surface area contributed by atoms with E-state index in [0.29, 0.717) is 5.69 Å². The smallest absolute Gasteiger partial charge is 0.185 e. The molecule has 3 heterocycles. The number of carbonyl (C=O) groups is 2. The maximum atomic E-state index is 13.9. The molecule has 174 valence electrons. The molecular weight excluding hydrogens is 452 g/mol. The molecule has 3 aliphatic rings. The summed E-state index contributed by atoms with van der Waals surface area (Å²) in [6, 6.07) is -0.872. The lowest BCUT2D eigenvalue weighted by atomic mass is 9.71. The number of aryl methyl sites for hydroxylation is 1. The number of aromatic hydroxyl groups is 2. The van der Waals surface area contributed by atoms with Gasteiger partial charge >= 0.3 is 0 Å². The quantitative estimate of drug-likeness (QED) is 0.546. The molecule has 5 rings (SSSR count). The Morgan fingerprint density at radius 3 is 2.48 bits per heavy atom. The summed E-state index contributed by atoms with van der Waals surface area (Å²) in [6.07, 6.45) is 0.333. The fraction of sp³-hybridized carbons (Fsp3) is 0.409. The molecule has 0 spiro atoms. The van der Waals surface area contributed by atoms with Gasteiger partial charge in [0.25, 0.3) is 0 Å². The average Bonchev–Trinajstić information content (AvgIpc) is 3.29. The van der Waals surface area contributed by atoms with E-state index in [4.69, 9.17) is 4.74 Å². The van der Waals surface area contributed by atoms with Crippen molar-refractivity contribution in [1.29, 1.82) is 0 Å². The number of aromatic nitrogens is 2. The summed E-state index contributed by atoms with van der Waals surface area (Å²) in [5.74, 6) is -2.43. The van der Waals surface area contributed by atoms with Gasteiger partial charge in [-0.1, -0.05) is 0 Å². The number of sulfone groups is 1. The lowest BCUT2D eigenvalue weighted by Gasteiger charge is -2.28. The molecule has 33 heavy (non-hydrogen) atoms. The average molecular weight is 474 g/mol.